The maximum Gasteiger partial charge on any atom is 0.0351 e. The predicted molar refractivity (Wildman–Crippen MR) is 93.1 cm³/mol. The first-order chi connectivity index (χ1) is 7.80. The minimum Gasteiger partial charge on any atom is -0.303 e. The SMILES string of the molecule is CCN(CC)CCN1CCN(CCCl)CC1.Cl.Cl.Cl. The molecular formula is C12H29Cl4N3. The highest BCUT2D eigenvalue weighted by molar-refractivity contribution is 6.18. The largest absolute Gasteiger partial charge is 0.303 e. The van der Waals surface area contributed by atoms with E-state index in [-0.39, 0.29) is 37.2 Å². The van der Waals surface area contributed by atoms with Crippen molar-refractivity contribution in [2.24, 2.45) is 0 Å². The van der Waals surface area contributed by atoms with Crippen molar-refractivity contribution < 1.29 is 0 Å². The summed E-state index contributed by atoms with van der Waals surface area (Å²) >= 11 is 5.75. The number of halogens is 4. The maximum atomic E-state index is 5.75. The highest BCUT2D eigenvalue weighted by Crippen LogP contribution is 2.02. The van der Waals surface area contributed by atoms with Crippen molar-refractivity contribution in [1.82, 2.24) is 14.7 Å². The van der Waals surface area contributed by atoms with Gasteiger partial charge in [0, 0.05) is 51.7 Å². The smallest absolute Gasteiger partial charge is 0.0351 e. The van der Waals surface area contributed by atoms with Crippen molar-refractivity contribution >= 4 is 48.8 Å². The molecule has 1 aliphatic heterocycles. The molecule has 0 saturated carbocycles. The minimum absolute atomic E-state index is 0. The van der Waals surface area contributed by atoms with Crippen LogP contribution in [0, 0.1) is 0 Å². The molecule has 19 heavy (non-hydrogen) atoms. The summed E-state index contributed by atoms with van der Waals surface area (Å²) in [4.78, 5) is 7.52. The van der Waals surface area contributed by atoms with Crippen LogP contribution in [0.1, 0.15) is 13.8 Å². The van der Waals surface area contributed by atoms with Crippen molar-refractivity contribution in [3.8, 4) is 0 Å². The van der Waals surface area contributed by atoms with Gasteiger partial charge in [0.15, 0.2) is 0 Å². The number of piperazine rings is 1. The zero-order valence-corrected chi connectivity index (χ0v) is 15.2. The molecule has 1 fully saturated rings. The first-order valence-electron chi connectivity index (χ1n) is 6.53. The van der Waals surface area contributed by atoms with Crippen LogP contribution < -0.4 is 0 Å². The average Bonchev–Trinajstić information content (AvgIpc) is 2.33. The second-order valence-electron chi connectivity index (χ2n) is 4.40. The first-order valence-corrected chi connectivity index (χ1v) is 7.06. The second-order valence-corrected chi connectivity index (χ2v) is 4.78. The molecule has 0 radical (unpaired) electrons. The summed E-state index contributed by atoms with van der Waals surface area (Å²) in [5.74, 6) is 0.763. The van der Waals surface area contributed by atoms with Gasteiger partial charge in [0.2, 0.25) is 0 Å². The lowest BCUT2D eigenvalue weighted by atomic mass is 10.3. The van der Waals surface area contributed by atoms with Crippen LogP contribution in [0.25, 0.3) is 0 Å². The maximum absolute atomic E-state index is 5.75. The number of hydrogen-bond acceptors (Lipinski definition) is 3. The van der Waals surface area contributed by atoms with E-state index in [1.807, 2.05) is 0 Å². The van der Waals surface area contributed by atoms with Gasteiger partial charge in [-0.25, -0.2) is 0 Å². The molecule has 0 aromatic carbocycles. The van der Waals surface area contributed by atoms with Crippen LogP contribution in [0.5, 0.6) is 0 Å². The zero-order valence-electron chi connectivity index (χ0n) is 12.0. The van der Waals surface area contributed by atoms with Gasteiger partial charge in [-0.15, -0.1) is 48.8 Å². The van der Waals surface area contributed by atoms with Crippen LogP contribution in [-0.4, -0.2) is 79.5 Å². The predicted octanol–water partition coefficient (Wildman–Crippen LogP) is 2.45. The van der Waals surface area contributed by atoms with E-state index in [1.165, 1.54) is 52.4 Å². The highest BCUT2D eigenvalue weighted by Gasteiger charge is 2.16. The summed E-state index contributed by atoms with van der Waals surface area (Å²) in [7, 11) is 0. The van der Waals surface area contributed by atoms with E-state index in [2.05, 4.69) is 28.5 Å². The molecule has 1 rings (SSSR count). The lowest BCUT2D eigenvalue weighted by Gasteiger charge is -2.35. The third-order valence-electron chi connectivity index (χ3n) is 3.49. The number of hydrogen-bond donors (Lipinski definition) is 0. The van der Waals surface area contributed by atoms with Gasteiger partial charge in [-0.3, -0.25) is 9.80 Å². The normalized spacial score (nSPS) is 16.4. The van der Waals surface area contributed by atoms with Crippen LogP contribution in [0.4, 0.5) is 0 Å². The monoisotopic (exact) mass is 355 g/mol. The van der Waals surface area contributed by atoms with Gasteiger partial charge in [0.25, 0.3) is 0 Å². The molecule has 3 nitrogen and oxygen atoms in total. The Hall–Kier alpha value is 1.04. The van der Waals surface area contributed by atoms with Gasteiger partial charge >= 0.3 is 0 Å². The molecule has 7 heteroatoms. The highest BCUT2D eigenvalue weighted by atomic mass is 35.5. The van der Waals surface area contributed by atoms with Crippen molar-refractivity contribution in [1.29, 1.82) is 0 Å². The average molecular weight is 357 g/mol. The molecule has 0 atom stereocenters. The Balaban J connectivity index is -0.000000853. The van der Waals surface area contributed by atoms with Gasteiger partial charge in [0.05, 0.1) is 0 Å². The Bertz CT molecular complexity index is 174. The van der Waals surface area contributed by atoms with Gasteiger partial charge < -0.3 is 4.90 Å². The van der Waals surface area contributed by atoms with Crippen LogP contribution in [0.2, 0.25) is 0 Å². The Kier molecular flexibility index (Phi) is 20.3. The molecule has 0 bridgehead atoms. The quantitative estimate of drug-likeness (QED) is 0.648. The Morgan fingerprint density at radius 3 is 1.63 bits per heavy atom. The van der Waals surface area contributed by atoms with E-state index in [9.17, 15) is 0 Å². The Labute approximate surface area is 142 Å². The van der Waals surface area contributed by atoms with Crippen molar-refractivity contribution in [3.63, 3.8) is 0 Å². The molecular weight excluding hydrogens is 328 g/mol. The number of nitrogens with zero attached hydrogens (tertiary/aromatic N) is 3. The lowest BCUT2D eigenvalue weighted by Crippen LogP contribution is -2.48. The van der Waals surface area contributed by atoms with E-state index >= 15 is 0 Å². The van der Waals surface area contributed by atoms with E-state index in [0.717, 1.165) is 12.4 Å². The van der Waals surface area contributed by atoms with E-state index in [0.29, 0.717) is 0 Å². The van der Waals surface area contributed by atoms with Gasteiger partial charge in [-0.1, -0.05) is 13.8 Å². The number of alkyl halides is 1. The molecule has 0 spiro atoms. The summed E-state index contributed by atoms with van der Waals surface area (Å²) in [6.07, 6.45) is 0. The minimum atomic E-state index is 0. The summed E-state index contributed by atoms with van der Waals surface area (Å²) in [5, 5.41) is 0. The molecule has 120 valence electrons. The Morgan fingerprint density at radius 2 is 1.26 bits per heavy atom. The van der Waals surface area contributed by atoms with Crippen molar-refractivity contribution in [3.05, 3.63) is 0 Å². The Morgan fingerprint density at radius 1 is 0.842 bits per heavy atom. The molecule has 1 saturated heterocycles. The number of likely N-dealkylation sites (N-methyl/N-ethyl adjacent to an activating group) is 1. The van der Waals surface area contributed by atoms with Crippen LogP contribution >= 0.6 is 48.8 Å². The fraction of sp³-hybridized carbons (Fsp3) is 1.00. The lowest BCUT2D eigenvalue weighted by molar-refractivity contribution is 0.125. The number of rotatable bonds is 7. The molecule has 1 aliphatic rings. The second kappa shape index (κ2) is 15.4. The third kappa shape index (κ3) is 10.4. The van der Waals surface area contributed by atoms with E-state index < -0.39 is 0 Å². The van der Waals surface area contributed by atoms with Crippen molar-refractivity contribution in [2.75, 3.05) is 64.8 Å². The summed E-state index contributed by atoms with van der Waals surface area (Å²) < 4.78 is 0. The topological polar surface area (TPSA) is 9.72 Å². The van der Waals surface area contributed by atoms with Gasteiger partial charge in [-0.05, 0) is 13.1 Å². The molecule has 1 heterocycles. The van der Waals surface area contributed by atoms with Crippen molar-refractivity contribution in [2.45, 2.75) is 13.8 Å². The fourth-order valence-electron chi connectivity index (χ4n) is 2.18. The molecule has 0 aliphatic carbocycles. The van der Waals surface area contributed by atoms with Gasteiger partial charge in [0.1, 0.15) is 0 Å². The summed E-state index contributed by atoms with van der Waals surface area (Å²) in [5.41, 5.74) is 0. The van der Waals surface area contributed by atoms with E-state index in [1.54, 1.807) is 0 Å². The molecule has 0 aromatic rings. The third-order valence-corrected chi connectivity index (χ3v) is 3.66. The summed E-state index contributed by atoms with van der Waals surface area (Å²) in [6, 6.07) is 0. The standard InChI is InChI=1S/C12H26ClN3.3ClH/c1-3-14(4-2)7-8-16-11-9-15(6-5-13)10-12-16;;;/h3-12H2,1-2H3;3*1H. The molecule has 0 aromatic heterocycles. The van der Waals surface area contributed by atoms with Crippen LogP contribution in [0.3, 0.4) is 0 Å². The zero-order chi connectivity index (χ0) is 11.8. The summed E-state index contributed by atoms with van der Waals surface area (Å²) in [6.45, 7) is 15.1. The molecule has 0 unspecified atom stereocenters. The van der Waals surface area contributed by atoms with Gasteiger partial charge in [-0.2, -0.15) is 0 Å². The van der Waals surface area contributed by atoms with Crippen LogP contribution in [-0.2, 0) is 0 Å². The first kappa shape index (κ1) is 25.0. The van der Waals surface area contributed by atoms with Crippen LogP contribution in [0.15, 0.2) is 0 Å². The molecule has 0 amide bonds. The van der Waals surface area contributed by atoms with E-state index in [4.69, 9.17) is 11.6 Å². The fourth-order valence-corrected chi connectivity index (χ4v) is 2.42. The molecule has 0 N–H and O–H groups in total.